The first kappa shape index (κ1) is 30.6. The average Bonchev–Trinajstić information content (AvgIpc) is 3.85. The summed E-state index contributed by atoms with van der Waals surface area (Å²) in [5.41, 5.74) is 5.50. The van der Waals surface area contributed by atoms with Crippen molar-refractivity contribution in [2.24, 2.45) is 5.92 Å². The number of hydrogen-bond acceptors (Lipinski definition) is 9. The molecule has 2 aliphatic heterocycles. The zero-order valence-electron chi connectivity index (χ0n) is 24.5. The van der Waals surface area contributed by atoms with E-state index in [4.69, 9.17) is 19.2 Å². The van der Waals surface area contributed by atoms with Gasteiger partial charge in [0.05, 0.1) is 37.1 Å². The van der Waals surface area contributed by atoms with E-state index in [2.05, 4.69) is 16.1 Å². The number of benzene rings is 1. The predicted octanol–water partition coefficient (Wildman–Crippen LogP) is 1.79. The highest BCUT2D eigenvalue weighted by Crippen LogP contribution is 2.34. The summed E-state index contributed by atoms with van der Waals surface area (Å²) in [5.74, 6) is -1.90. The largest absolute Gasteiger partial charge is 0.450 e. The number of hydrazine groups is 1. The fourth-order valence-electron chi connectivity index (χ4n) is 5.16. The zero-order valence-corrected chi connectivity index (χ0v) is 24.5. The van der Waals surface area contributed by atoms with Gasteiger partial charge in [0.25, 0.3) is 11.8 Å². The second kappa shape index (κ2) is 14.1. The van der Waals surface area contributed by atoms with E-state index in [1.165, 1.54) is 5.01 Å². The fourth-order valence-corrected chi connectivity index (χ4v) is 5.16. The van der Waals surface area contributed by atoms with E-state index in [9.17, 15) is 19.2 Å². The molecule has 0 spiro atoms. The second-order valence-corrected chi connectivity index (χ2v) is 11.2. The van der Waals surface area contributed by atoms with Crippen molar-refractivity contribution in [3.8, 4) is 0 Å². The van der Waals surface area contributed by atoms with Crippen molar-refractivity contribution in [1.82, 2.24) is 26.1 Å². The number of hydrogen-bond donors (Lipinski definition) is 3. The Balaban J connectivity index is 1.31. The Hall–Kier alpha value is -3.87. The Morgan fingerprint density at radius 3 is 2.49 bits per heavy atom. The summed E-state index contributed by atoms with van der Waals surface area (Å²) in [4.78, 5) is 56.6. The highest BCUT2D eigenvalue weighted by Gasteiger charge is 2.40. The third kappa shape index (κ3) is 8.15. The van der Waals surface area contributed by atoms with E-state index in [1.807, 2.05) is 49.4 Å². The van der Waals surface area contributed by atoms with Gasteiger partial charge in [-0.3, -0.25) is 24.4 Å². The van der Waals surface area contributed by atoms with Crippen LogP contribution in [0.3, 0.4) is 0 Å². The van der Waals surface area contributed by atoms with Crippen LogP contribution in [0.5, 0.6) is 0 Å². The van der Waals surface area contributed by atoms with Crippen LogP contribution in [-0.4, -0.2) is 84.8 Å². The lowest BCUT2D eigenvalue weighted by Gasteiger charge is -2.35. The van der Waals surface area contributed by atoms with E-state index in [0.29, 0.717) is 26.0 Å². The molecule has 1 saturated heterocycles. The van der Waals surface area contributed by atoms with E-state index in [1.54, 1.807) is 6.92 Å². The van der Waals surface area contributed by atoms with Gasteiger partial charge in [0.15, 0.2) is 6.10 Å². The fraction of sp³-hybridized carbons (Fsp3) is 0.516. The van der Waals surface area contributed by atoms with Crippen molar-refractivity contribution in [3.05, 3.63) is 47.7 Å². The molecule has 0 radical (unpaired) electrons. The molecule has 3 heterocycles. The van der Waals surface area contributed by atoms with Crippen LogP contribution in [0.15, 0.2) is 36.4 Å². The third-order valence-electron chi connectivity index (χ3n) is 7.72. The normalized spacial score (nSPS) is 27.9. The Morgan fingerprint density at radius 2 is 1.67 bits per heavy atom. The molecule has 1 aliphatic carbocycles. The molecule has 3 aliphatic rings. The first-order valence-electron chi connectivity index (χ1n) is 14.9. The number of carbonyl (C=O) groups excluding carboxylic acids is 4. The lowest BCUT2D eigenvalue weighted by Crippen LogP contribution is -2.61. The van der Waals surface area contributed by atoms with Crippen LogP contribution in [-0.2, 0) is 33.4 Å². The van der Waals surface area contributed by atoms with Gasteiger partial charge in [-0.05, 0) is 57.2 Å². The van der Waals surface area contributed by atoms with Crippen LogP contribution in [0.25, 0.3) is 17.0 Å². The van der Waals surface area contributed by atoms with E-state index in [0.717, 1.165) is 35.0 Å². The number of rotatable bonds is 1. The van der Waals surface area contributed by atoms with Gasteiger partial charge in [0.2, 0.25) is 5.91 Å². The molecule has 12 nitrogen and oxygen atoms in total. The van der Waals surface area contributed by atoms with E-state index < -0.39 is 30.1 Å². The van der Waals surface area contributed by atoms with Crippen molar-refractivity contribution in [3.63, 3.8) is 0 Å². The molecule has 2 aromatic rings. The number of ether oxygens (including phenoxy) is 3. The van der Waals surface area contributed by atoms with Gasteiger partial charge in [-0.15, -0.1) is 0 Å². The summed E-state index contributed by atoms with van der Waals surface area (Å²) in [5, 5.41) is 8.06. The third-order valence-corrected chi connectivity index (χ3v) is 7.72. The predicted molar refractivity (Wildman–Crippen MR) is 157 cm³/mol. The molecule has 3 N–H and O–H groups in total. The van der Waals surface area contributed by atoms with Crippen molar-refractivity contribution in [1.29, 1.82) is 0 Å². The molecule has 5 bridgehead atoms. The van der Waals surface area contributed by atoms with Crippen molar-refractivity contribution >= 4 is 40.7 Å². The number of fused-ring (bicyclic) bond motifs is 4. The van der Waals surface area contributed by atoms with Crippen LogP contribution >= 0.6 is 0 Å². The van der Waals surface area contributed by atoms with Gasteiger partial charge < -0.3 is 24.8 Å². The molecule has 1 aromatic heterocycles. The van der Waals surface area contributed by atoms with Gasteiger partial charge in [-0.2, -0.15) is 0 Å². The number of cyclic esters (lactones) is 1. The number of esters is 1. The highest BCUT2D eigenvalue weighted by atomic mass is 16.6. The number of carbonyl (C=O) groups is 4. The summed E-state index contributed by atoms with van der Waals surface area (Å²) in [6.45, 7) is 4.36. The van der Waals surface area contributed by atoms with Crippen LogP contribution in [0, 0.1) is 5.92 Å². The lowest BCUT2D eigenvalue weighted by atomic mass is 10.1. The minimum Gasteiger partial charge on any atom is -0.450 e. The SMILES string of the molecule is C[C@@H]1NC(=O)[C@H](C2CC2)OC(=O)COCCOC/C=C/c2ccc3ccc(nc3c2)[C@@H](C)NC(=O)[C@@H]2CCCN(N2)C1=O. The highest BCUT2D eigenvalue weighted by molar-refractivity contribution is 5.91. The maximum atomic E-state index is 13.2. The van der Waals surface area contributed by atoms with Crippen molar-refractivity contribution < 1.29 is 33.4 Å². The quantitative estimate of drug-likeness (QED) is 0.421. The average molecular weight is 594 g/mol. The number of amides is 3. The number of pyridine rings is 1. The van der Waals surface area contributed by atoms with Gasteiger partial charge in [0, 0.05) is 17.8 Å². The van der Waals surface area contributed by atoms with Crippen molar-refractivity contribution in [2.75, 3.05) is 33.0 Å². The zero-order chi connectivity index (χ0) is 30.3. The molecule has 2 fully saturated rings. The minimum atomic E-state index is -0.994. The Labute approximate surface area is 250 Å². The van der Waals surface area contributed by atoms with Gasteiger partial charge in [-0.1, -0.05) is 30.4 Å². The first-order chi connectivity index (χ1) is 20.8. The van der Waals surface area contributed by atoms with E-state index >= 15 is 0 Å². The first-order valence-corrected chi connectivity index (χ1v) is 14.9. The second-order valence-electron chi connectivity index (χ2n) is 11.2. The minimum absolute atomic E-state index is 0.0905. The maximum absolute atomic E-state index is 13.2. The Morgan fingerprint density at radius 1 is 0.907 bits per heavy atom. The molecule has 1 aromatic carbocycles. The van der Waals surface area contributed by atoms with Crippen LogP contribution in [0.1, 0.15) is 56.8 Å². The van der Waals surface area contributed by atoms with Gasteiger partial charge in [0.1, 0.15) is 18.7 Å². The smallest absolute Gasteiger partial charge is 0.332 e. The van der Waals surface area contributed by atoms with Gasteiger partial charge in [-0.25, -0.2) is 10.2 Å². The van der Waals surface area contributed by atoms with Crippen molar-refractivity contribution in [2.45, 2.75) is 63.8 Å². The molecule has 230 valence electrons. The summed E-state index contributed by atoms with van der Waals surface area (Å²) < 4.78 is 16.4. The molecular formula is C31H39N5O7. The Bertz CT molecular complexity index is 1380. The summed E-state index contributed by atoms with van der Waals surface area (Å²) in [7, 11) is 0. The van der Waals surface area contributed by atoms with Crippen LogP contribution in [0.2, 0.25) is 0 Å². The molecule has 5 rings (SSSR count). The monoisotopic (exact) mass is 593 g/mol. The molecular weight excluding hydrogens is 554 g/mol. The number of nitrogens with one attached hydrogen (secondary N) is 3. The number of aromatic nitrogens is 1. The van der Waals surface area contributed by atoms with E-state index in [-0.39, 0.29) is 43.6 Å². The molecule has 1 saturated carbocycles. The molecule has 43 heavy (non-hydrogen) atoms. The van der Waals surface area contributed by atoms with Gasteiger partial charge >= 0.3 is 5.97 Å². The maximum Gasteiger partial charge on any atom is 0.332 e. The summed E-state index contributed by atoms with van der Waals surface area (Å²) >= 11 is 0. The molecule has 0 unspecified atom stereocenters. The van der Waals surface area contributed by atoms with Crippen LogP contribution < -0.4 is 16.1 Å². The summed E-state index contributed by atoms with van der Waals surface area (Å²) in [6, 6.07) is 7.95. The number of nitrogens with zero attached hydrogens (tertiary/aromatic N) is 2. The topological polar surface area (TPSA) is 148 Å². The molecule has 12 heteroatoms. The summed E-state index contributed by atoms with van der Waals surface area (Å²) in [6.07, 6.45) is 5.51. The molecule has 4 atom stereocenters. The standard InChI is InChI=1S/C31H39N5O7/c1-19-24-12-11-22-8-7-21(17-26(22)34-24)5-4-14-41-15-16-42-18-27(37)43-28(23-9-10-23)30(39)33-20(2)31(40)36-13-3-6-25(35-36)29(38)32-19/h4-5,7-8,11-12,17,19-20,23,25,28,35H,3,6,9-10,13-16,18H2,1-2H3,(H,32,38)(H,33,39)/b5-4+/t19-,20+,25+,28+/m1/s1. The molecule has 3 amide bonds. The van der Waals surface area contributed by atoms with Crippen LogP contribution in [0.4, 0.5) is 0 Å². The lowest BCUT2D eigenvalue weighted by molar-refractivity contribution is -0.162. The Kier molecular flexibility index (Phi) is 10.0.